The van der Waals surface area contributed by atoms with E-state index >= 15 is 0 Å². The van der Waals surface area contributed by atoms with Gasteiger partial charge in [-0.2, -0.15) is 0 Å². The van der Waals surface area contributed by atoms with Crippen molar-refractivity contribution in [2.24, 2.45) is 0 Å². The van der Waals surface area contributed by atoms with Crippen molar-refractivity contribution in [3.63, 3.8) is 0 Å². The first-order valence-corrected chi connectivity index (χ1v) is 5.11. The summed E-state index contributed by atoms with van der Waals surface area (Å²) in [7, 11) is 0. The van der Waals surface area contributed by atoms with E-state index in [1.165, 1.54) is 18.2 Å². The molecule has 0 nitrogen and oxygen atoms in total. The molecule has 0 saturated heterocycles. The molecule has 0 amide bonds. The molecule has 2 heteroatoms. The molecule has 2 aromatic rings. The van der Waals surface area contributed by atoms with Gasteiger partial charge in [-0.3, -0.25) is 0 Å². The zero-order valence-corrected chi connectivity index (χ0v) is 9.22. The van der Waals surface area contributed by atoms with Crippen LogP contribution < -0.4 is 0 Å². The molecule has 0 radical (unpaired) electrons. The van der Waals surface area contributed by atoms with Gasteiger partial charge < -0.3 is 0 Å². The van der Waals surface area contributed by atoms with Crippen LogP contribution in [0.15, 0.2) is 36.4 Å². The average Bonchev–Trinajstić information content (AvgIpc) is 2.26. The van der Waals surface area contributed by atoms with Gasteiger partial charge in [0.2, 0.25) is 0 Å². The quantitative estimate of drug-likeness (QED) is 0.671. The highest BCUT2D eigenvalue weighted by Gasteiger charge is 2.08. The van der Waals surface area contributed by atoms with Crippen LogP contribution in [0, 0.1) is 25.5 Å². The first-order valence-electron chi connectivity index (χ1n) is 5.11. The SMILES string of the molecule is Cc1c(F)ccc(-c2cccc(F)c2)c1C. The fourth-order valence-electron chi connectivity index (χ4n) is 1.76. The topological polar surface area (TPSA) is 0 Å². The molecule has 0 aliphatic carbocycles. The first kappa shape index (κ1) is 10.8. The smallest absolute Gasteiger partial charge is 0.126 e. The fraction of sp³-hybridized carbons (Fsp3) is 0.143. The molecule has 0 aromatic heterocycles. The second-order valence-corrected chi connectivity index (χ2v) is 3.86. The van der Waals surface area contributed by atoms with E-state index in [-0.39, 0.29) is 11.6 Å². The van der Waals surface area contributed by atoms with Crippen LogP contribution in [0.4, 0.5) is 8.78 Å². The van der Waals surface area contributed by atoms with E-state index in [9.17, 15) is 8.78 Å². The summed E-state index contributed by atoms with van der Waals surface area (Å²) < 4.78 is 26.4. The molecule has 0 aliphatic rings. The number of rotatable bonds is 1. The van der Waals surface area contributed by atoms with Gasteiger partial charge in [-0.05, 0) is 54.3 Å². The minimum absolute atomic E-state index is 0.224. The van der Waals surface area contributed by atoms with E-state index in [4.69, 9.17) is 0 Å². The summed E-state index contributed by atoms with van der Waals surface area (Å²) in [5, 5.41) is 0. The number of halogens is 2. The second-order valence-electron chi connectivity index (χ2n) is 3.86. The third-order valence-corrected chi connectivity index (χ3v) is 2.86. The van der Waals surface area contributed by atoms with Gasteiger partial charge in [-0.1, -0.05) is 18.2 Å². The van der Waals surface area contributed by atoms with Crippen molar-refractivity contribution in [1.82, 2.24) is 0 Å². The average molecular weight is 218 g/mol. The zero-order valence-electron chi connectivity index (χ0n) is 9.22. The Kier molecular flexibility index (Phi) is 2.73. The van der Waals surface area contributed by atoms with Gasteiger partial charge in [0.15, 0.2) is 0 Å². The lowest BCUT2D eigenvalue weighted by Gasteiger charge is -2.09. The lowest BCUT2D eigenvalue weighted by atomic mass is 9.97. The molecule has 0 spiro atoms. The van der Waals surface area contributed by atoms with Crippen molar-refractivity contribution in [2.45, 2.75) is 13.8 Å². The second kappa shape index (κ2) is 4.05. The highest BCUT2D eigenvalue weighted by atomic mass is 19.1. The Labute approximate surface area is 93.5 Å². The molecule has 0 heterocycles. The van der Waals surface area contributed by atoms with E-state index in [2.05, 4.69) is 0 Å². The summed E-state index contributed by atoms with van der Waals surface area (Å²) in [4.78, 5) is 0. The molecule has 2 rings (SSSR count). The Balaban J connectivity index is 2.61. The molecular weight excluding hydrogens is 206 g/mol. The van der Waals surface area contributed by atoms with Gasteiger partial charge in [-0.25, -0.2) is 8.78 Å². The van der Waals surface area contributed by atoms with E-state index < -0.39 is 0 Å². The Bertz CT molecular complexity index is 530. The zero-order chi connectivity index (χ0) is 11.7. The lowest BCUT2D eigenvalue weighted by Crippen LogP contribution is -1.91. The van der Waals surface area contributed by atoms with Crippen LogP contribution in [-0.2, 0) is 0 Å². The molecule has 82 valence electrons. The minimum atomic E-state index is -0.279. The highest BCUT2D eigenvalue weighted by molar-refractivity contribution is 5.68. The van der Waals surface area contributed by atoms with Gasteiger partial charge in [0, 0.05) is 0 Å². The van der Waals surface area contributed by atoms with Crippen LogP contribution in [0.2, 0.25) is 0 Å². The van der Waals surface area contributed by atoms with Crippen LogP contribution in [-0.4, -0.2) is 0 Å². The van der Waals surface area contributed by atoms with Crippen LogP contribution in [0.1, 0.15) is 11.1 Å². The molecule has 0 atom stereocenters. The fourth-order valence-corrected chi connectivity index (χ4v) is 1.76. The van der Waals surface area contributed by atoms with Crippen molar-refractivity contribution >= 4 is 0 Å². The van der Waals surface area contributed by atoms with Crippen LogP contribution in [0.25, 0.3) is 11.1 Å². The lowest BCUT2D eigenvalue weighted by molar-refractivity contribution is 0.617. The Morgan fingerprint density at radius 3 is 2.31 bits per heavy atom. The maximum Gasteiger partial charge on any atom is 0.126 e. The van der Waals surface area contributed by atoms with Crippen molar-refractivity contribution in [3.8, 4) is 11.1 Å². The first-order chi connectivity index (χ1) is 7.59. The minimum Gasteiger partial charge on any atom is -0.207 e. The summed E-state index contributed by atoms with van der Waals surface area (Å²) >= 11 is 0. The van der Waals surface area contributed by atoms with Gasteiger partial charge in [0.25, 0.3) is 0 Å². The van der Waals surface area contributed by atoms with Gasteiger partial charge >= 0.3 is 0 Å². The third-order valence-electron chi connectivity index (χ3n) is 2.86. The maximum absolute atomic E-state index is 13.3. The molecular formula is C14H12F2. The Hall–Kier alpha value is -1.70. The van der Waals surface area contributed by atoms with Crippen molar-refractivity contribution in [2.75, 3.05) is 0 Å². The number of benzene rings is 2. The highest BCUT2D eigenvalue weighted by Crippen LogP contribution is 2.27. The van der Waals surface area contributed by atoms with Crippen molar-refractivity contribution < 1.29 is 8.78 Å². The van der Waals surface area contributed by atoms with E-state index in [0.29, 0.717) is 5.56 Å². The largest absolute Gasteiger partial charge is 0.207 e. The van der Waals surface area contributed by atoms with E-state index in [1.54, 1.807) is 19.1 Å². The molecule has 0 unspecified atom stereocenters. The Morgan fingerprint density at radius 1 is 0.875 bits per heavy atom. The van der Waals surface area contributed by atoms with Crippen molar-refractivity contribution in [3.05, 3.63) is 59.2 Å². The number of hydrogen-bond acceptors (Lipinski definition) is 0. The molecule has 2 aromatic carbocycles. The number of hydrogen-bond donors (Lipinski definition) is 0. The molecule has 0 saturated carbocycles. The summed E-state index contributed by atoms with van der Waals surface area (Å²) in [6.07, 6.45) is 0. The molecule has 16 heavy (non-hydrogen) atoms. The maximum atomic E-state index is 13.3. The van der Waals surface area contributed by atoms with Crippen molar-refractivity contribution in [1.29, 1.82) is 0 Å². The van der Waals surface area contributed by atoms with E-state index in [0.717, 1.165) is 16.7 Å². The van der Waals surface area contributed by atoms with Gasteiger partial charge in [0.05, 0.1) is 0 Å². The van der Waals surface area contributed by atoms with Crippen LogP contribution >= 0.6 is 0 Å². The molecule has 0 bridgehead atoms. The van der Waals surface area contributed by atoms with Crippen LogP contribution in [0.5, 0.6) is 0 Å². The Morgan fingerprint density at radius 2 is 1.62 bits per heavy atom. The molecule has 0 N–H and O–H groups in total. The summed E-state index contributed by atoms with van der Waals surface area (Å²) in [6.45, 7) is 3.58. The normalized spacial score (nSPS) is 10.5. The van der Waals surface area contributed by atoms with Crippen LogP contribution in [0.3, 0.4) is 0 Å². The van der Waals surface area contributed by atoms with Gasteiger partial charge in [0.1, 0.15) is 11.6 Å². The predicted octanol–water partition coefficient (Wildman–Crippen LogP) is 4.25. The standard InChI is InChI=1S/C14H12F2/c1-9-10(2)14(16)7-6-13(9)11-4-3-5-12(15)8-11/h3-8H,1-2H3. The monoisotopic (exact) mass is 218 g/mol. The van der Waals surface area contributed by atoms with E-state index in [1.807, 2.05) is 13.0 Å². The third kappa shape index (κ3) is 1.83. The summed E-state index contributed by atoms with van der Waals surface area (Å²) in [5.74, 6) is -0.503. The summed E-state index contributed by atoms with van der Waals surface area (Å²) in [5.41, 5.74) is 3.12. The molecule has 0 aliphatic heterocycles. The predicted molar refractivity (Wildman–Crippen MR) is 61.3 cm³/mol. The van der Waals surface area contributed by atoms with Gasteiger partial charge in [-0.15, -0.1) is 0 Å². The molecule has 0 fully saturated rings. The summed E-state index contributed by atoms with van der Waals surface area (Å²) in [6, 6.07) is 9.44.